The van der Waals surface area contributed by atoms with Crippen molar-refractivity contribution in [1.29, 1.82) is 10.5 Å². The molecule has 0 aliphatic carbocycles. The Labute approximate surface area is 103 Å². The summed E-state index contributed by atoms with van der Waals surface area (Å²) in [6, 6.07) is 8.70. The molecule has 0 aliphatic heterocycles. The van der Waals surface area contributed by atoms with Gasteiger partial charge in [0.1, 0.15) is 12.1 Å². The van der Waals surface area contributed by atoms with Crippen LogP contribution in [0.4, 0.5) is 0 Å². The maximum Gasteiger partial charge on any atom is 0.250 e. The Kier molecular flexibility index (Phi) is 3.22. The van der Waals surface area contributed by atoms with Gasteiger partial charge in [-0.15, -0.1) is 0 Å². The molecule has 0 fully saturated rings. The maximum atomic E-state index is 11.5. The third-order valence-corrected chi connectivity index (χ3v) is 2.53. The van der Waals surface area contributed by atoms with Crippen LogP contribution in [0.15, 0.2) is 35.5 Å². The number of pyridine rings is 1. The number of nitriles is 2. The fraction of sp³-hybridized carbons (Fsp3) is 0.167. The SMILES string of the molecule is N#Cc1ncn(CCn2ccccc2=O)c1C#N. The van der Waals surface area contributed by atoms with E-state index in [1.165, 1.54) is 17.0 Å². The predicted molar refractivity (Wildman–Crippen MR) is 62.4 cm³/mol. The molecule has 0 unspecified atom stereocenters. The molecule has 0 radical (unpaired) electrons. The highest BCUT2D eigenvalue weighted by Gasteiger charge is 2.09. The Morgan fingerprint density at radius 1 is 1.17 bits per heavy atom. The molecular weight excluding hydrogens is 230 g/mol. The first-order valence-corrected chi connectivity index (χ1v) is 5.27. The topological polar surface area (TPSA) is 87.4 Å². The Morgan fingerprint density at radius 2 is 1.94 bits per heavy atom. The first-order valence-electron chi connectivity index (χ1n) is 5.27. The molecule has 0 bridgehead atoms. The van der Waals surface area contributed by atoms with Crippen LogP contribution in [-0.4, -0.2) is 14.1 Å². The third-order valence-electron chi connectivity index (χ3n) is 2.53. The molecule has 6 heteroatoms. The van der Waals surface area contributed by atoms with E-state index in [9.17, 15) is 4.79 Å². The number of aryl methyl sites for hydroxylation is 2. The van der Waals surface area contributed by atoms with Crippen molar-refractivity contribution in [1.82, 2.24) is 14.1 Å². The normalized spacial score (nSPS) is 9.67. The monoisotopic (exact) mass is 239 g/mol. The second-order valence-corrected chi connectivity index (χ2v) is 3.59. The fourth-order valence-electron chi connectivity index (χ4n) is 1.61. The van der Waals surface area contributed by atoms with E-state index in [2.05, 4.69) is 4.98 Å². The quantitative estimate of drug-likeness (QED) is 0.779. The van der Waals surface area contributed by atoms with E-state index < -0.39 is 0 Å². The molecule has 2 aromatic heterocycles. The summed E-state index contributed by atoms with van der Waals surface area (Å²) >= 11 is 0. The molecule has 0 spiro atoms. The zero-order valence-corrected chi connectivity index (χ0v) is 9.45. The average molecular weight is 239 g/mol. The van der Waals surface area contributed by atoms with Gasteiger partial charge in [-0.3, -0.25) is 4.79 Å². The van der Waals surface area contributed by atoms with E-state index in [1.54, 1.807) is 22.9 Å². The molecule has 0 amide bonds. The molecule has 2 rings (SSSR count). The van der Waals surface area contributed by atoms with Crippen LogP contribution in [0.3, 0.4) is 0 Å². The van der Waals surface area contributed by atoms with Gasteiger partial charge in [-0.1, -0.05) is 6.07 Å². The summed E-state index contributed by atoms with van der Waals surface area (Å²) in [5.41, 5.74) is 0.232. The van der Waals surface area contributed by atoms with Gasteiger partial charge in [0.25, 0.3) is 5.56 Å². The van der Waals surface area contributed by atoms with Gasteiger partial charge in [-0.05, 0) is 6.07 Å². The molecule has 0 atom stereocenters. The molecule has 0 N–H and O–H groups in total. The standard InChI is InChI=1S/C12H9N5O/c13-7-10-11(8-14)17(9-15-10)6-5-16-4-2-1-3-12(16)18/h1-4,9H,5-6H2. The first kappa shape index (κ1) is 11.6. The van der Waals surface area contributed by atoms with Crippen LogP contribution in [0.1, 0.15) is 11.4 Å². The van der Waals surface area contributed by atoms with Crippen molar-refractivity contribution >= 4 is 0 Å². The Morgan fingerprint density at radius 3 is 2.61 bits per heavy atom. The van der Waals surface area contributed by atoms with Gasteiger partial charge in [-0.2, -0.15) is 10.5 Å². The minimum absolute atomic E-state index is 0.100. The van der Waals surface area contributed by atoms with Crippen LogP contribution < -0.4 is 5.56 Å². The van der Waals surface area contributed by atoms with E-state index in [0.29, 0.717) is 13.1 Å². The van der Waals surface area contributed by atoms with Gasteiger partial charge in [0.05, 0.1) is 6.33 Å². The lowest BCUT2D eigenvalue weighted by Gasteiger charge is -2.06. The lowest BCUT2D eigenvalue weighted by Crippen LogP contribution is -2.20. The fourth-order valence-corrected chi connectivity index (χ4v) is 1.61. The smallest absolute Gasteiger partial charge is 0.250 e. The number of hydrogen-bond donors (Lipinski definition) is 0. The maximum absolute atomic E-state index is 11.5. The van der Waals surface area contributed by atoms with Gasteiger partial charge in [0.2, 0.25) is 0 Å². The van der Waals surface area contributed by atoms with Crippen LogP contribution in [-0.2, 0) is 13.1 Å². The van der Waals surface area contributed by atoms with Crippen molar-refractivity contribution in [2.24, 2.45) is 0 Å². The molecule has 2 aromatic rings. The van der Waals surface area contributed by atoms with Gasteiger partial charge in [0.15, 0.2) is 11.4 Å². The molecule has 88 valence electrons. The van der Waals surface area contributed by atoms with E-state index in [-0.39, 0.29) is 16.9 Å². The molecule has 0 saturated heterocycles. The molecule has 0 saturated carbocycles. The molecule has 0 aromatic carbocycles. The van der Waals surface area contributed by atoms with Gasteiger partial charge in [0, 0.05) is 25.4 Å². The van der Waals surface area contributed by atoms with Crippen molar-refractivity contribution in [3.8, 4) is 12.1 Å². The zero-order valence-electron chi connectivity index (χ0n) is 9.45. The predicted octanol–water partition coefficient (Wildman–Crippen LogP) is 0.488. The number of imidazole rings is 1. The summed E-state index contributed by atoms with van der Waals surface area (Å²) in [7, 11) is 0. The number of aromatic nitrogens is 3. The van der Waals surface area contributed by atoms with E-state index in [1.807, 2.05) is 12.1 Å². The minimum Gasteiger partial charge on any atom is -0.319 e. The summed E-state index contributed by atoms with van der Waals surface area (Å²) in [5, 5.41) is 17.7. The summed E-state index contributed by atoms with van der Waals surface area (Å²) in [4.78, 5) is 15.3. The second kappa shape index (κ2) is 4.98. The summed E-state index contributed by atoms with van der Waals surface area (Å²) < 4.78 is 3.10. The van der Waals surface area contributed by atoms with Crippen LogP contribution in [0.5, 0.6) is 0 Å². The number of nitrogens with zero attached hydrogens (tertiary/aromatic N) is 5. The Hall–Kier alpha value is -2.86. The summed E-state index contributed by atoms with van der Waals surface area (Å²) in [6.45, 7) is 0.844. The largest absolute Gasteiger partial charge is 0.319 e. The van der Waals surface area contributed by atoms with Gasteiger partial charge in [-0.25, -0.2) is 4.98 Å². The first-order chi connectivity index (χ1) is 8.76. The highest BCUT2D eigenvalue weighted by atomic mass is 16.1. The third kappa shape index (κ3) is 2.13. The van der Waals surface area contributed by atoms with Crippen LogP contribution in [0.25, 0.3) is 0 Å². The van der Waals surface area contributed by atoms with Crippen molar-refractivity contribution in [2.45, 2.75) is 13.1 Å². The lowest BCUT2D eigenvalue weighted by molar-refractivity contribution is 0.561. The van der Waals surface area contributed by atoms with Crippen molar-refractivity contribution in [3.63, 3.8) is 0 Å². The average Bonchev–Trinajstić information content (AvgIpc) is 2.79. The van der Waals surface area contributed by atoms with Crippen LogP contribution >= 0.6 is 0 Å². The molecule has 0 aliphatic rings. The lowest BCUT2D eigenvalue weighted by atomic mass is 10.3. The summed E-state index contributed by atoms with van der Waals surface area (Å²) in [5.74, 6) is 0. The highest BCUT2D eigenvalue weighted by molar-refractivity contribution is 5.35. The van der Waals surface area contributed by atoms with Crippen molar-refractivity contribution in [3.05, 3.63) is 52.5 Å². The van der Waals surface area contributed by atoms with Crippen LogP contribution in [0, 0.1) is 22.7 Å². The van der Waals surface area contributed by atoms with Crippen molar-refractivity contribution in [2.75, 3.05) is 0 Å². The second-order valence-electron chi connectivity index (χ2n) is 3.59. The Balaban J connectivity index is 2.20. The summed E-state index contributed by atoms with van der Waals surface area (Å²) in [6.07, 6.45) is 3.11. The molecule has 2 heterocycles. The zero-order chi connectivity index (χ0) is 13.0. The van der Waals surface area contributed by atoms with Gasteiger partial charge < -0.3 is 9.13 Å². The Bertz CT molecular complexity index is 698. The molecular formula is C12H9N5O. The minimum atomic E-state index is -0.100. The van der Waals surface area contributed by atoms with Gasteiger partial charge >= 0.3 is 0 Å². The highest BCUT2D eigenvalue weighted by Crippen LogP contribution is 2.04. The number of hydrogen-bond acceptors (Lipinski definition) is 4. The number of rotatable bonds is 3. The van der Waals surface area contributed by atoms with E-state index in [0.717, 1.165) is 0 Å². The molecule has 6 nitrogen and oxygen atoms in total. The van der Waals surface area contributed by atoms with Crippen LogP contribution in [0.2, 0.25) is 0 Å². The van der Waals surface area contributed by atoms with E-state index in [4.69, 9.17) is 10.5 Å². The molecule has 18 heavy (non-hydrogen) atoms. The van der Waals surface area contributed by atoms with Crippen molar-refractivity contribution < 1.29 is 0 Å². The van der Waals surface area contributed by atoms with E-state index >= 15 is 0 Å².